The number of likely N-dealkylation sites (tertiary alicyclic amines) is 1. The molecule has 1 aliphatic heterocycles. The molecule has 0 spiro atoms. The average molecular weight is 530 g/mol. The zero-order valence-electron chi connectivity index (χ0n) is 16.4. The standard InChI is InChI=1S/C18H25F3N4O3.HI/c1-3-27-16(26)13-6-5-10-25(12-13)17(22-2)24-9-11-28-15-14(18(19,20)21)7-4-8-23-15;/h4,7-8,13H,3,5-6,9-12H2,1-2H3,(H,22,24);1H. The highest BCUT2D eigenvalue weighted by atomic mass is 127. The van der Waals surface area contributed by atoms with Crippen LogP contribution in [0, 0.1) is 5.92 Å². The summed E-state index contributed by atoms with van der Waals surface area (Å²) in [6, 6.07) is 2.14. The lowest BCUT2D eigenvalue weighted by Gasteiger charge is -2.33. The van der Waals surface area contributed by atoms with E-state index in [2.05, 4.69) is 15.3 Å². The molecule has 11 heteroatoms. The summed E-state index contributed by atoms with van der Waals surface area (Å²) in [7, 11) is 1.61. The Morgan fingerprint density at radius 2 is 2.21 bits per heavy atom. The lowest BCUT2D eigenvalue weighted by molar-refractivity contribution is -0.149. The van der Waals surface area contributed by atoms with Crippen LogP contribution in [-0.4, -0.2) is 61.7 Å². The maximum absolute atomic E-state index is 12.9. The van der Waals surface area contributed by atoms with Crippen LogP contribution in [0.15, 0.2) is 23.3 Å². The number of carbonyl (C=O) groups is 1. The van der Waals surface area contributed by atoms with Crippen molar-refractivity contribution in [3.05, 3.63) is 23.9 Å². The van der Waals surface area contributed by atoms with Crippen molar-refractivity contribution in [1.29, 1.82) is 0 Å². The van der Waals surface area contributed by atoms with Crippen molar-refractivity contribution in [1.82, 2.24) is 15.2 Å². The number of alkyl halides is 3. The molecule has 29 heavy (non-hydrogen) atoms. The molecule has 0 amide bonds. The van der Waals surface area contributed by atoms with Gasteiger partial charge in [0.25, 0.3) is 0 Å². The van der Waals surface area contributed by atoms with Crippen LogP contribution in [0.3, 0.4) is 0 Å². The number of piperidine rings is 1. The number of halogens is 4. The number of nitrogens with zero attached hydrogens (tertiary/aromatic N) is 3. The van der Waals surface area contributed by atoms with E-state index >= 15 is 0 Å². The SMILES string of the molecule is CCOC(=O)C1CCCN(C(=NC)NCCOc2ncccc2C(F)(F)F)C1.I. The Bertz CT molecular complexity index is 689. The van der Waals surface area contributed by atoms with Gasteiger partial charge in [0.1, 0.15) is 12.2 Å². The summed E-state index contributed by atoms with van der Waals surface area (Å²) >= 11 is 0. The third-order valence-electron chi connectivity index (χ3n) is 4.25. The lowest BCUT2D eigenvalue weighted by Crippen LogP contribution is -2.49. The molecule has 1 aliphatic rings. The molecular weight excluding hydrogens is 504 g/mol. The summed E-state index contributed by atoms with van der Waals surface area (Å²) in [5.74, 6) is -0.325. The van der Waals surface area contributed by atoms with E-state index < -0.39 is 17.6 Å². The van der Waals surface area contributed by atoms with Crippen LogP contribution in [0.1, 0.15) is 25.3 Å². The second kappa shape index (κ2) is 12.0. The van der Waals surface area contributed by atoms with Crippen molar-refractivity contribution in [2.45, 2.75) is 25.9 Å². The molecule has 1 atom stereocenters. The van der Waals surface area contributed by atoms with Gasteiger partial charge in [0.2, 0.25) is 5.88 Å². The molecule has 164 valence electrons. The first-order chi connectivity index (χ1) is 13.4. The van der Waals surface area contributed by atoms with Gasteiger partial charge in [-0.1, -0.05) is 0 Å². The molecule has 0 saturated carbocycles. The topological polar surface area (TPSA) is 76.0 Å². The Kier molecular flexibility index (Phi) is 10.5. The Hall–Kier alpha value is -1.79. The number of carbonyl (C=O) groups excluding carboxylic acids is 1. The Balaban J connectivity index is 0.00000420. The molecule has 1 unspecified atom stereocenters. The molecule has 7 nitrogen and oxygen atoms in total. The quantitative estimate of drug-likeness (QED) is 0.201. The number of esters is 1. The van der Waals surface area contributed by atoms with Gasteiger partial charge in [-0.2, -0.15) is 13.2 Å². The summed E-state index contributed by atoms with van der Waals surface area (Å²) in [6.07, 6.45) is -1.69. The molecule has 2 rings (SSSR count). The number of aromatic nitrogens is 1. The van der Waals surface area contributed by atoms with Crippen molar-refractivity contribution in [2.75, 3.05) is 39.9 Å². The van der Waals surface area contributed by atoms with Crippen molar-refractivity contribution in [3.8, 4) is 5.88 Å². The highest BCUT2D eigenvalue weighted by Crippen LogP contribution is 2.34. The van der Waals surface area contributed by atoms with E-state index in [4.69, 9.17) is 9.47 Å². The van der Waals surface area contributed by atoms with Crippen molar-refractivity contribution in [2.24, 2.45) is 10.9 Å². The molecule has 0 bridgehead atoms. The maximum atomic E-state index is 12.9. The van der Waals surface area contributed by atoms with E-state index in [1.165, 1.54) is 12.3 Å². The number of guanidine groups is 1. The van der Waals surface area contributed by atoms with Gasteiger partial charge in [-0.15, -0.1) is 24.0 Å². The minimum absolute atomic E-state index is 0. The number of rotatable bonds is 6. The number of ether oxygens (including phenoxy) is 2. The van der Waals surface area contributed by atoms with E-state index in [0.717, 1.165) is 25.5 Å². The van der Waals surface area contributed by atoms with Crippen molar-refractivity contribution in [3.63, 3.8) is 0 Å². The van der Waals surface area contributed by atoms with Gasteiger partial charge < -0.3 is 19.7 Å². The smallest absolute Gasteiger partial charge is 0.421 e. The lowest BCUT2D eigenvalue weighted by atomic mass is 9.98. The minimum atomic E-state index is -4.52. The highest BCUT2D eigenvalue weighted by Gasteiger charge is 2.35. The summed E-state index contributed by atoms with van der Waals surface area (Å²) in [6.45, 7) is 3.54. The van der Waals surface area contributed by atoms with Crippen LogP contribution in [0.2, 0.25) is 0 Å². The molecule has 1 saturated heterocycles. The highest BCUT2D eigenvalue weighted by molar-refractivity contribution is 14.0. The molecule has 1 aromatic rings. The molecule has 0 radical (unpaired) electrons. The van der Waals surface area contributed by atoms with E-state index in [1.54, 1.807) is 14.0 Å². The zero-order valence-corrected chi connectivity index (χ0v) is 18.7. The molecular formula is C18H26F3IN4O3. The van der Waals surface area contributed by atoms with Gasteiger partial charge in [0.05, 0.1) is 19.1 Å². The van der Waals surface area contributed by atoms with Gasteiger partial charge in [-0.05, 0) is 31.9 Å². The molecule has 2 heterocycles. The number of aliphatic imine (C=N–C) groups is 1. The van der Waals surface area contributed by atoms with E-state index in [1.807, 2.05) is 4.90 Å². The Morgan fingerprint density at radius 1 is 1.45 bits per heavy atom. The zero-order chi connectivity index (χ0) is 20.6. The largest absolute Gasteiger partial charge is 0.475 e. The Labute approximate surface area is 185 Å². The summed E-state index contributed by atoms with van der Waals surface area (Å²) in [5.41, 5.74) is -0.910. The predicted octanol–water partition coefficient (Wildman–Crippen LogP) is 2.95. The van der Waals surface area contributed by atoms with Crippen molar-refractivity contribution >= 4 is 35.9 Å². The van der Waals surface area contributed by atoms with E-state index in [0.29, 0.717) is 19.1 Å². The van der Waals surface area contributed by atoms with Crippen molar-refractivity contribution < 1.29 is 27.4 Å². The monoisotopic (exact) mass is 530 g/mol. The fourth-order valence-electron chi connectivity index (χ4n) is 2.99. The van der Waals surface area contributed by atoms with Crippen LogP contribution in [0.25, 0.3) is 0 Å². The van der Waals surface area contributed by atoms with Gasteiger partial charge in [-0.3, -0.25) is 9.79 Å². The molecule has 1 N–H and O–H groups in total. The van der Waals surface area contributed by atoms with Crippen LogP contribution in [0.4, 0.5) is 13.2 Å². The van der Waals surface area contributed by atoms with Crippen LogP contribution >= 0.6 is 24.0 Å². The number of hydrogen-bond donors (Lipinski definition) is 1. The second-order valence-corrected chi connectivity index (χ2v) is 6.21. The van der Waals surface area contributed by atoms with Gasteiger partial charge in [0.15, 0.2) is 5.96 Å². The summed E-state index contributed by atoms with van der Waals surface area (Å²) in [5, 5.41) is 3.05. The van der Waals surface area contributed by atoms with Gasteiger partial charge in [0, 0.05) is 26.3 Å². The first-order valence-corrected chi connectivity index (χ1v) is 9.14. The summed E-state index contributed by atoms with van der Waals surface area (Å²) in [4.78, 5) is 21.7. The second-order valence-electron chi connectivity index (χ2n) is 6.21. The number of nitrogens with one attached hydrogen (secondary N) is 1. The molecule has 1 fully saturated rings. The first kappa shape index (κ1) is 25.2. The molecule has 1 aromatic heterocycles. The van der Waals surface area contributed by atoms with Crippen LogP contribution < -0.4 is 10.1 Å². The number of hydrogen-bond acceptors (Lipinski definition) is 5. The van der Waals surface area contributed by atoms with Crippen LogP contribution in [0.5, 0.6) is 5.88 Å². The predicted molar refractivity (Wildman–Crippen MR) is 112 cm³/mol. The summed E-state index contributed by atoms with van der Waals surface area (Å²) < 4.78 is 49.1. The fraction of sp³-hybridized carbons (Fsp3) is 0.611. The van der Waals surface area contributed by atoms with Gasteiger partial charge in [-0.25, -0.2) is 4.98 Å². The minimum Gasteiger partial charge on any atom is -0.475 e. The van der Waals surface area contributed by atoms with E-state index in [9.17, 15) is 18.0 Å². The molecule has 0 aromatic carbocycles. The van der Waals surface area contributed by atoms with Crippen LogP contribution in [-0.2, 0) is 15.7 Å². The average Bonchev–Trinajstić information content (AvgIpc) is 2.68. The Morgan fingerprint density at radius 3 is 2.86 bits per heavy atom. The third kappa shape index (κ3) is 7.52. The molecule has 0 aliphatic carbocycles. The number of pyridine rings is 1. The maximum Gasteiger partial charge on any atom is 0.421 e. The third-order valence-corrected chi connectivity index (χ3v) is 4.25. The normalized spacial score (nSPS) is 17.3. The van der Waals surface area contributed by atoms with Gasteiger partial charge >= 0.3 is 12.1 Å². The fourth-order valence-corrected chi connectivity index (χ4v) is 2.99. The first-order valence-electron chi connectivity index (χ1n) is 9.14. The van der Waals surface area contributed by atoms with E-state index in [-0.39, 0.29) is 49.0 Å².